The van der Waals surface area contributed by atoms with Crippen molar-refractivity contribution in [3.63, 3.8) is 0 Å². The van der Waals surface area contributed by atoms with Gasteiger partial charge in [0.2, 0.25) is 0 Å². The van der Waals surface area contributed by atoms with Gasteiger partial charge in [0.1, 0.15) is 0 Å². The Balaban J connectivity index is 3.19. The molecule has 14 heteroatoms. The average Bonchev–Trinajstić information content (AvgIpc) is 2.80. The molecule has 1 fully saturated rings. The quantitative estimate of drug-likeness (QED) is 0.624. The second-order valence-corrected chi connectivity index (χ2v) is 6.57. The van der Waals surface area contributed by atoms with E-state index in [1.54, 1.807) is 0 Å². The van der Waals surface area contributed by atoms with E-state index in [1.165, 1.54) is 0 Å². The number of hydrogen-bond donors (Lipinski definition) is 2. The van der Waals surface area contributed by atoms with E-state index in [4.69, 9.17) is 10.2 Å². The molecular formula is C13H14F12O2. The lowest BCUT2D eigenvalue weighted by molar-refractivity contribution is -0.379. The smallest absolute Gasteiger partial charge is 0.374 e. The fraction of sp³-hybridized carbons (Fsp3) is 1.00. The second-order valence-electron chi connectivity index (χ2n) is 6.57. The zero-order valence-electron chi connectivity index (χ0n) is 13.1. The molecule has 1 aliphatic carbocycles. The van der Waals surface area contributed by atoms with Gasteiger partial charge in [-0.05, 0) is 24.7 Å². The summed E-state index contributed by atoms with van der Waals surface area (Å²) in [5.74, 6) is -3.93. The first kappa shape index (κ1) is 24.1. The van der Waals surface area contributed by atoms with Crippen molar-refractivity contribution in [3.05, 3.63) is 0 Å². The Kier molecular flexibility index (Phi) is 6.12. The number of alkyl halides is 12. The van der Waals surface area contributed by atoms with Crippen LogP contribution in [0, 0.1) is 11.8 Å². The van der Waals surface area contributed by atoms with Gasteiger partial charge >= 0.3 is 24.7 Å². The standard InChI is InChI=1S/C13H14F12O2/c14-10(15,16)8(26,11(17,18)19)4-6-2-1-3-7(6)5-9(27,12(20,21)22)13(23,24)25/h6-7,26-27H,1-5H2/t6-,7?/m1/s1. The molecule has 2 atom stereocenters. The Morgan fingerprint density at radius 1 is 0.519 bits per heavy atom. The van der Waals surface area contributed by atoms with E-state index in [0.29, 0.717) is 0 Å². The molecule has 0 heterocycles. The second kappa shape index (κ2) is 6.85. The van der Waals surface area contributed by atoms with E-state index in [-0.39, 0.29) is 6.42 Å². The van der Waals surface area contributed by atoms with Crippen LogP contribution < -0.4 is 0 Å². The lowest BCUT2D eigenvalue weighted by Gasteiger charge is -2.38. The van der Waals surface area contributed by atoms with Crippen molar-refractivity contribution in [3.8, 4) is 0 Å². The molecule has 0 spiro atoms. The Morgan fingerprint density at radius 2 is 0.741 bits per heavy atom. The maximum atomic E-state index is 12.7. The van der Waals surface area contributed by atoms with E-state index in [0.717, 1.165) is 0 Å². The molecule has 27 heavy (non-hydrogen) atoms. The summed E-state index contributed by atoms with van der Waals surface area (Å²) < 4.78 is 153. The summed E-state index contributed by atoms with van der Waals surface area (Å²) in [5, 5.41) is 18.2. The zero-order chi connectivity index (χ0) is 21.7. The number of halogens is 12. The molecule has 0 saturated heterocycles. The van der Waals surface area contributed by atoms with Gasteiger partial charge in [-0.3, -0.25) is 0 Å². The van der Waals surface area contributed by atoms with Crippen molar-refractivity contribution in [1.82, 2.24) is 0 Å². The molecule has 1 saturated carbocycles. The third kappa shape index (κ3) is 4.40. The molecule has 0 radical (unpaired) electrons. The van der Waals surface area contributed by atoms with Gasteiger partial charge in [-0.15, -0.1) is 0 Å². The highest BCUT2D eigenvalue weighted by Crippen LogP contribution is 2.54. The van der Waals surface area contributed by atoms with Crippen molar-refractivity contribution < 1.29 is 62.9 Å². The van der Waals surface area contributed by atoms with Crippen LogP contribution in [0.5, 0.6) is 0 Å². The molecule has 1 rings (SSSR count). The molecule has 1 aliphatic rings. The summed E-state index contributed by atoms with van der Waals surface area (Å²) in [7, 11) is 0. The monoisotopic (exact) mass is 430 g/mol. The Morgan fingerprint density at radius 3 is 0.926 bits per heavy atom. The highest BCUT2D eigenvalue weighted by Gasteiger charge is 2.73. The van der Waals surface area contributed by atoms with Gasteiger partial charge in [-0.1, -0.05) is 19.3 Å². The van der Waals surface area contributed by atoms with E-state index in [1.807, 2.05) is 0 Å². The van der Waals surface area contributed by atoms with E-state index < -0.39 is 73.4 Å². The van der Waals surface area contributed by atoms with Crippen molar-refractivity contribution in [2.45, 2.75) is 68.0 Å². The fourth-order valence-corrected chi connectivity index (χ4v) is 3.19. The molecule has 2 nitrogen and oxygen atoms in total. The topological polar surface area (TPSA) is 40.5 Å². The summed E-state index contributed by atoms with van der Waals surface area (Å²) in [4.78, 5) is 0. The predicted octanol–water partition coefficient (Wildman–Crippen LogP) is 4.89. The third-order valence-electron chi connectivity index (χ3n) is 4.81. The Labute approximate surface area is 144 Å². The minimum Gasteiger partial charge on any atom is -0.374 e. The van der Waals surface area contributed by atoms with Gasteiger partial charge in [-0.25, -0.2) is 0 Å². The highest BCUT2D eigenvalue weighted by molar-refractivity contribution is 5.01. The minimum absolute atomic E-state index is 0.257. The highest BCUT2D eigenvalue weighted by atomic mass is 19.4. The lowest BCUT2D eigenvalue weighted by Crippen LogP contribution is -2.59. The van der Waals surface area contributed by atoms with Gasteiger partial charge in [0, 0.05) is 0 Å². The lowest BCUT2D eigenvalue weighted by atomic mass is 9.78. The minimum atomic E-state index is -6.25. The normalized spacial score (nSPS) is 23.8. The molecule has 0 aromatic carbocycles. The van der Waals surface area contributed by atoms with Crippen LogP contribution in [-0.4, -0.2) is 46.1 Å². The van der Waals surface area contributed by atoms with E-state index >= 15 is 0 Å². The van der Waals surface area contributed by atoms with Gasteiger partial charge in [0.15, 0.2) is 0 Å². The molecule has 1 unspecified atom stereocenters. The van der Waals surface area contributed by atoms with Gasteiger partial charge in [0.25, 0.3) is 11.2 Å². The van der Waals surface area contributed by atoms with Gasteiger partial charge < -0.3 is 10.2 Å². The summed E-state index contributed by atoms with van der Waals surface area (Å²) in [6, 6.07) is 0. The fourth-order valence-electron chi connectivity index (χ4n) is 3.19. The van der Waals surface area contributed by atoms with Crippen LogP contribution in [0.15, 0.2) is 0 Å². The Hall–Kier alpha value is -0.920. The van der Waals surface area contributed by atoms with E-state index in [2.05, 4.69) is 0 Å². The average molecular weight is 430 g/mol. The maximum absolute atomic E-state index is 12.7. The van der Waals surface area contributed by atoms with Gasteiger partial charge in [0.05, 0.1) is 0 Å². The summed E-state index contributed by atoms with van der Waals surface area (Å²) in [5.41, 5.74) is -10.6. The van der Waals surface area contributed by atoms with Crippen molar-refractivity contribution in [2.24, 2.45) is 11.8 Å². The molecule has 0 aromatic rings. The van der Waals surface area contributed by atoms with Crippen LogP contribution in [0.1, 0.15) is 32.1 Å². The van der Waals surface area contributed by atoms with Crippen LogP contribution in [0.3, 0.4) is 0 Å². The third-order valence-corrected chi connectivity index (χ3v) is 4.81. The molecule has 0 aliphatic heterocycles. The van der Waals surface area contributed by atoms with Crippen LogP contribution in [-0.2, 0) is 0 Å². The van der Waals surface area contributed by atoms with Crippen LogP contribution in [0.2, 0.25) is 0 Å². The largest absolute Gasteiger partial charge is 0.426 e. The van der Waals surface area contributed by atoms with Crippen LogP contribution in [0.25, 0.3) is 0 Å². The summed E-state index contributed by atoms with van der Waals surface area (Å²) in [6.07, 6.45) is -30.7. The van der Waals surface area contributed by atoms with E-state index in [9.17, 15) is 52.7 Å². The molecule has 2 N–H and O–H groups in total. The summed E-state index contributed by atoms with van der Waals surface area (Å²) in [6.45, 7) is 0. The molecule has 0 amide bonds. The predicted molar refractivity (Wildman–Crippen MR) is 64.2 cm³/mol. The molecular weight excluding hydrogens is 416 g/mol. The van der Waals surface area contributed by atoms with Crippen molar-refractivity contribution >= 4 is 0 Å². The first-order valence-electron chi connectivity index (χ1n) is 7.39. The zero-order valence-corrected chi connectivity index (χ0v) is 13.1. The first-order valence-corrected chi connectivity index (χ1v) is 7.39. The first-order chi connectivity index (χ1) is 11.7. The Bertz CT molecular complexity index is 441. The number of hydrogen-bond acceptors (Lipinski definition) is 2. The van der Waals surface area contributed by atoms with Crippen molar-refractivity contribution in [1.29, 1.82) is 0 Å². The van der Waals surface area contributed by atoms with Crippen molar-refractivity contribution in [2.75, 3.05) is 0 Å². The summed E-state index contributed by atoms with van der Waals surface area (Å²) >= 11 is 0. The molecule has 162 valence electrons. The molecule has 0 aromatic heterocycles. The number of aliphatic hydroxyl groups is 2. The maximum Gasteiger partial charge on any atom is 0.426 e. The van der Waals surface area contributed by atoms with Gasteiger partial charge in [-0.2, -0.15) is 52.7 Å². The van der Waals surface area contributed by atoms with Crippen LogP contribution >= 0.6 is 0 Å². The van der Waals surface area contributed by atoms with Crippen LogP contribution in [0.4, 0.5) is 52.7 Å². The number of rotatable bonds is 4. The SMILES string of the molecule is OC(CC1CCC[C@@H]1CC(O)(C(F)(F)F)C(F)(F)F)(C(F)(F)F)C(F)(F)F. The molecule has 0 bridgehead atoms.